The predicted octanol–water partition coefficient (Wildman–Crippen LogP) is 4.59. The minimum Gasteiger partial charge on any atom is -0.475 e. The van der Waals surface area contributed by atoms with Gasteiger partial charge in [-0.25, -0.2) is 13.2 Å². The number of benzene rings is 2. The van der Waals surface area contributed by atoms with Crippen molar-refractivity contribution in [2.75, 3.05) is 48.9 Å². The van der Waals surface area contributed by atoms with E-state index in [0.29, 0.717) is 36.2 Å². The number of carboxylic acids is 1. The summed E-state index contributed by atoms with van der Waals surface area (Å²) >= 11 is 0. The summed E-state index contributed by atoms with van der Waals surface area (Å²) < 4.78 is 60.4. The van der Waals surface area contributed by atoms with Gasteiger partial charge in [0, 0.05) is 50.6 Å². The number of carbonyl (C=O) groups is 2. The summed E-state index contributed by atoms with van der Waals surface area (Å²) in [6, 6.07) is 12.0. The summed E-state index contributed by atoms with van der Waals surface area (Å²) in [5.41, 5.74) is 2.76. The molecule has 41 heavy (non-hydrogen) atoms. The number of piperazine rings is 1. The molecule has 13 heteroatoms. The van der Waals surface area contributed by atoms with E-state index in [1.807, 2.05) is 17.9 Å². The van der Waals surface area contributed by atoms with Crippen LogP contribution in [0.15, 0.2) is 47.4 Å². The van der Waals surface area contributed by atoms with Crippen LogP contribution in [0.25, 0.3) is 0 Å². The lowest BCUT2D eigenvalue weighted by Gasteiger charge is -2.33. The van der Waals surface area contributed by atoms with Crippen LogP contribution in [0.4, 0.5) is 24.5 Å². The Hall–Kier alpha value is -3.32. The highest BCUT2D eigenvalue weighted by atomic mass is 32.2. The highest BCUT2D eigenvalue weighted by molar-refractivity contribution is 7.92. The first-order chi connectivity index (χ1) is 19.0. The third-order valence-electron chi connectivity index (χ3n) is 5.97. The Morgan fingerprint density at radius 1 is 1.00 bits per heavy atom. The molecule has 1 heterocycles. The number of halogens is 3. The fraction of sp³-hybridized carbons (Fsp3) is 0.500. The van der Waals surface area contributed by atoms with E-state index in [1.165, 1.54) is 0 Å². The van der Waals surface area contributed by atoms with Gasteiger partial charge in [0.25, 0.3) is 15.9 Å². The third kappa shape index (κ3) is 10.5. The van der Waals surface area contributed by atoms with Crippen LogP contribution in [0.1, 0.15) is 43.6 Å². The Balaban J connectivity index is 0.000000745. The molecule has 2 aromatic rings. The molecule has 0 aliphatic carbocycles. The highest BCUT2D eigenvalue weighted by Gasteiger charge is 2.38. The van der Waals surface area contributed by atoms with Gasteiger partial charge in [0.1, 0.15) is 0 Å². The molecule has 0 saturated carbocycles. The number of nitrogens with zero attached hydrogens (tertiary/aromatic N) is 2. The molecule has 9 nitrogen and oxygen atoms in total. The molecular formula is C28H39F3N4O5S. The monoisotopic (exact) mass is 600 g/mol. The lowest BCUT2D eigenvalue weighted by Crippen LogP contribution is -2.45. The molecule has 1 aliphatic rings. The molecule has 0 spiro atoms. The standard InChI is InChI=1S/C26H38N4O3S.C2HF3O2/c1-19(2)17-30(18-20(3)4)26(31)24-16-22(8-11-25(24)29-14-12-27-13-15-29)28-34(32,33)23-9-6-21(5)7-10-23;3-2(4,5)1(6)7/h6-11,16,19-20,27-28H,12-15,17-18H2,1-5H3;(H,6,7). The van der Waals surface area contributed by atoms with Crippen LogP contribution < -0.4 is 14.9 Å². The van der Waals surface area contributed by atoms with Crippen LogP contribution in [0, 0.1) is 18.8 Å². The Labute approximate surface area is 239 Å². The molecule has 1 fully saturated rings. The SMILES string of the molecule is Cc1ccc(S(=O)(=O)Nc2ccc(N3CCNCC3)c(C(=O)N(CC(C)C)CC(C)C)c2)cc1.O=C(O)C(F)(F)F. The molecule has 3 rings (SSSR count). The number of alkyl halides is 3. The smallest absolute Gasteiger partial charge is 0.475 e. The van der Waals surface area contributed by atoms with Gasteiger partial charge < -0.3 is 20.2 Å². The van der Waals surface area contributed by atoms with Gasteiger partial charge in [0.2, 0.25) is 0 Å². The molecule has 228 valence electrons. The highest BCUT2D eigenvalue weighted by Crippen LogP contribution is 2.28. The van der Waals surface area contributed by atoms with Crippen molar-refractivity contribution in [3.63, 3.8) is 0 Å². The molecule has 0 unspecified atom stereocenters. The summed E-state index contributed by atoms with van der Waals surface area (Å²) in [6.45, 7) is 14.9. The van der Waals surface area contributed by atoms with Crippen molar-refractivity contribution < 1.29 is 36.3 Å². The number of rotatable bonds is 9. The van der Waals surface area contributed by atoms with Gasteiger partial charge in [-0.15, -0.1) is 0 Å². The Kier molecular flexibility index (Phi) is 12.0. The van der Waals surface area contributed by atoms with E-state index in [4.69, 9.17) is 9.90 Å². The molecule has 0 bridgehead atoms. The predicted molar refractivity (Wildman–Crippen MR) is 153 cm³/mol. The van der Waals surface area contributed by atoms with Crippen LogP contribution in [-0.2, 0) is 14.8 Å². The number of hydrogen-bond donors (Lipinski definition) is 3. The fourth-order valence-electron chi connectivity index (χ4n) is 4.18. The lowest BCUT2D eigenvalue weighted by molar-refractivity contribution is -0.192. The average Bonchev–Trinajstić information content (AvgIpc) is 2.87. The maximum Gasteiger partial charge on any atom is 0.490 e. The van der Waals surface area contributed by atoms with Crippen molar-refractivity contribution in [2.24, 2.45) is 11.8 Å². The third-order valence-corrected chi connectivity index (χ3v) is 7.37. The first-order valence-electron chi connectivity index (χ1n) is 13.3. The molecular weight excluding hydrogens is 561 g/mol. The quantitative estimate of drug-likeness (QED) is 0.385. The Morgan fingerprint density at radius 3 is 1.98 bits per heavy atom. The first-order valence-corrected chi connectivity index (χ1v) is 14.8. The number of hydrogen-bond acceptors (Lipinski definition) is 6. The first kappa shape index (κ1) is 33.9. The van der Waals surface area contributed by atoms with Crippen molar-refractivity contribution >= 4 is 33.3 Å². The van der Waals surface area contributed by atoms with E-state index in [2.05, 4.69) is 42.6 Å². The van der Waals surface area contributed by atoms with Gasteiger partial charge in [-0.05, 0) is 49.1 Å². The zero-order chi connectivity index (χ0) is 31.0. The molecule has 1 saturated heterocycles. The number of nitrogens with one attached hydrogen (secondary N) is 2. The number of anilines is 2. The van der Waals surface area contributed by atoms with Crippen LogP contribution in [0.2, 0.25) is 0 Å². The van der Waals surface area contributed by atoms with Crippen molar-refractivity contribution in [3.05, 3.63) is 53.6 Å². The summed E-state index contributed by atoms with van der Waals surface area (Å²) in [5, 5.41) is 10.5. The van der Waals surface area contributed by atoms with Gasteiger partial charge in [-0.1, -0.05) is 45.4 Å². The maximum absolute atomic E-state index is 13.8. The zero-order valence-corrected chi connectivity index (χ0v) is 24.8. The van der Waals surface area contributed by atoms with E-state index >= 15 is 0 Å². The molecule has 0 aromatic heterocycles. The maximum atomic E-state index is 13.8. The Morgan fingerprint density at radius 2 is 1.51 bits per heavy atom. The zero-order valence-electron chi connectivity index (χ0n) is 24.0. The Bertz CT molecular complexity index is 1270. The van der Waals surface area contributed by atoms with Gasteiger partial charge in [-0.3, -0.25) is 9.52 Å². The number of aliphatic carboxylic acids is 1. The summed E-state index contributed by atoms with van der Waals surface area (Å²) in [6.07, 6.45) is -5.08. The number of amides is 1. The second-order valence-electron chi connectivity index (χ2n) is 10.7. The summed E-state index contributed by atoms with van der Waals surface area (Å²) in [5.74, 6) is -2.16. The number of carbonyl (C=O) groups excluding carboxylic acids is 1. The number of carboxylic acid groups (broad SMARTS) is 1. The second-order valence-corrected chi connectivity index (χ2v) is 12.4. The van der Waals surface area contributed by atoms with Gasteiger partial charge >= 0.3 is 12.1 Å². The van der Waals surface area contributed by atoms with Crippen LogP contribution in [0.3, 0.4) is 0 Å². The van der Waals surface area contributed by atoms with E-state index in [0.717, 1.165) is 37.4 Å². The minimum atomic E-state index is -5.08. The van der Waals surface area contributed by atoms with Crippen molar-refractivity contribution in [1.29, 1.82) is 0 Å². The van der Waals surface area contributed by atoms with Crippen LogP contribution >= 0.6 is 0 Å². The van der Waals surface area contributed by atoms with Gasteiger partial charge in [0.15, 0.2) is 0 Å². The molecule has 2 aromatic carbocycles. The van der Waals surface area contributed by atoms with E-state index in [-0.39, 0.29) is 10.8 Å². The molecule has 1 amide bonds. The van der Waals surface area contributed by atoms with E-state index in [1.54, 1.807) is 36.4 Å². The average molecular weight is 601 g/mol. The number of sulfonamides is 1. The normalized spacial score (nSPS) is 14.0. The topological polar surface area (TPSA) is 119 Å². The van der Waals surface area contributed by atoms with E-state index in [9.17, 15) is 26.4 Å². The number of aryl methyl sites for hydroxylation is 1. The summed E-state index contributed by atoms with van der Waals surface area (Å²) in [4.78, 5) is 27.0. The van der Waals surface area contributed by atoms with Gasteiger partial charge in [-0.2, -0.15) is 13.2 Å². The van der Waals surface area contributed by atoms with Crippen molar-refractivity contribution in [3.8, 4) is 0 Å². The summed E-state index contributed by atoms with van der Waals surface area (Å²) in [7, 11) is -3.77. The molecule has 0 atom stereocenters. The molecule has 1 aliphatic heterocycles. The van der Waals surface area contributed by atoms with Crippen LogP contribution in [0.5, 0.6) is 0 Å². The van der Waals surface area contributed by atoms with Crippen molar-refractivity contribution in [2.45, 2.75) is 45.7 Å². The van der Waals surface area contributed by atoms with E-state index < -0.39 is 22.2 Å². The second kappa shape index (κ2) is 14.5. The van der Waals surface area contributed by atoms with Crippen molar-refractivity contribution in [1.82, 2.24) is 10.2 Å². The molecule has 0 radical (unpaired) electrons. The largest absolute Gasteiger partial charge is 0.490 e. The van der Waals surface area contributed by atoms with Crippen LogP contribution in [-0.4, -0.2) is 75.7 Å². The fourth-order valence-corrected chi connectivity index (χ4v) is 5.23. The minimum absolute atomic E-state index is 0.0627. The lowest BCUT2D eigenvalue weighted by atomic mass is 10.1. The van der Waals surface area contributed by atoms with Gasteiger partial charge in [0.05, 0.1) is 10.5 Å². The molecule has 3 N–H and O–H groups in total.